The number of benzene rings is 2. The standard InChI is InChI=1S/C35H49N9O5/c1-23(32(47)42-28(34(49)40-24(2)45)13-9-19-39-35(36)37)38-18-8-7-10-25-16-20-43(21-17-25)22-31(46)44-29-14-5-3-11-26(29)33(48)41-27-12-4-6-15-30(27)44/h3-6,11-12,14-15,23,25,28,38H,7-10,13,16-22H2,1-2H3,(H,41,48)(H,42,47)(H4,36,37,39)(H,40,45,49)/t23-,28-/m0/s1. The van der Waals surface area contributed by atoms with E-state index in [1.54, 1.807) is 24.0 Å². The molecule has 4 rings (SSSR count). The molecule has 0 aromatic heterocycles. The minimum absolute atomic E-state index is 0.0516. The number of unbranched alkanes of at least 4 members (excludes halogenated alkanes) is 1. The van der Waals surface area contributed by atoms with Crippen molar-refractivity contribution in [2.24, 2.45) is 22.4 Å². The van der Waals surface area contributed by atoms with Crippen molar-refractivity contribution in [2.75, 3.05) is 42.9 Å². The summed E-state index contributed by atoms with van der Waals surface area (Å²) in [5.74, 6) is -1.20. The summed E-state index contributed by atoms with van der Waals surface area (Å²) in [6.45, 7) is 5.84. The maximum absolute atomic E-state index is 13.8. The molecule has 0 spiro atoms. The summed E-state index contributed by atoms with van der Waals surface area (Å²) >= 11 is 0. The molecule has 0 radical (unpaired) electrons. The zero-order valence-corrected chi connectivity index (χ0v) is 28.4. The maximum Gasteiger partial charge on any atom is 0.257 e. The van der Waals surface area contributed by atoms with Gasteiger partial charge in [-0.05, 0) is 88.8 Å². The van der Waals surface area contributed by atoms with Crippen LogP contribution in [-0.4, -0.2) is 85.2 Å². The molecule has 8 N–H and O–H groups in total. The van der Waals surface area contributed by atoms with Crippen molar-refractivity contribution in [3.05, 3.63) is 54.1 Å². The van der Waals surface area contributed by atoms with Crippen LogP contribution in [0.1, 0.15) is 69.2 Å². The number of carbonyl (C=O) groups is 5. The van der Waals surface area contributed by atoms with Crippen molar-refractivity contribution in [3.8, 4) is 0 Å². The fourth-order valence-electron chi connectivity index (χ4n) is 6.22. The van der Waals surface area contributed by atoms with E-state index >= 15 is 0 Å². The highest BCUT2D eigenvalue weighted by Crippen LogP contribution is 2.38. The monoisotopic (exact) mass is 675 g/mol. The number of fused-ring (bicyclic) bond motifs is 2. The summed E-state index contributed by atoms with van der Waals surface area (Å²) in [6.07, 6.45) is 5.69. The summed E-state index contributed by atoms with van der Waals surface area (Å²) in [4.78, 5) is 71.0. The molecule has 0 saturated carbocycles. The molecular formula is C35H49N9O5. The highest BCUT2D eigenvalue weighted by Gasteiger charge is 2.31. The van der Waals surface area contributed by atoms with Crippen LogP contribution in [-0.2, 0) is 19.2 Å². The average molecular weight is 676 g/mol. The Morgan fingerprint density at radius 3 is 2.37 bits per heavy atom. The zero-order valence-electron chi connectivity index (χ0n) is 28.4. The van der Waals surface area contributed by atoms with E-state index < -0.39 is 23.9 Å². The molecule has 14 nitrogen and oxygen atoms in total. The van der Waals surface area contributed by atoms with Crippen LogP contribution in [0.2, 0.25) is 0 Å². The highest BCUT2D eigenvalue weighted by atomic mass is 16.2. The lowest BCUT2D eigenvalue weighted by Gasteiger charge is -2.33. The van der Waals surface area contributed by atoms with Crippen LogP contribution in [0.5, 0.6) is 0 Å². The largest absolute Gasteiger partial charge is 0.370 e. The predicted octanol–water partition coefficient (Wildman–Crippen LogP) is 1.98. The quantitative estimate of drug-likeness (QED) is 0.0927. The number of nitrogens with two attached hydrogens (primary N) is 2. The van der Waals surface area contributed by atoms with Gasteiger partial charge in [0, 0.05) is 13.5 Å². The second kappa shape index (κ2) is 18.1. The van der Waals surface area contributed by atoms with Gasteiger partial charge in [-0.1, -0.05) is 37.1 Å². The van der Waals surface area contributed by atoms with Crippen LogP contribution in [0.4, 0.5) is 17.1 Å². The van der Waals surface area contributed by atoms with Crippen molar-refractivity contribution in [3.63, 3.8) is 0 Å². The van der Waals surface area contributed by atoms with Crippen LogP contribution in [0, 0.1) is 5.92 Å². The number of hydrogen-bond acceptors (Lipinski definition) is 8. The fraction of sp³-hybridized carbons (Fsp3) is 0.486. The molecule has 264 valence electrons. The first-order chi connectivity index (χ1) is 23.5. The summed E-state index contributed by atoms with van der Waals surface area (Å²) in [5, 5.41) is 11.1. The first-order valence-corrected chi connectivity index (χ1v) is 17.0. The highest BCUT2D eigenvalue weighted by molar-refractivity contribution is 6.18. The maximum atomic E-state index is 13.8. The molecule has 5 amide bonds. The van der Waals surface area contributed by atoms with Crippen LogP contribution >= 0.6 is 0 Å². The number of para-hydroxylation sites is 3. The zero-order chi connectivity index (χ0) is 35.3. The fourth-order valence-corrected chi connectivity index (χ4v) is 6.22. The van der Waals surface area contributed by atoms with E-state index in [1.807, 2.05) is 36.4 Å². The van der Waals surface area contributed by atoms with Gasteiger partial charge in [-0.25, -0.2) is 0 Å². The lowest BCUT2D eigenvalue weighted by molar-refractivity contribution is -0.134. The van der Waals surface area contributed by atoms with E-state index in [4.69, 9.17) is 11.5 Å². The second-order valence-corrected chi connectivity index (χ2v) is 12.7. The Hall–Kier alpha value is -4.82. The summed E-state index contributed by atoms with van der Waals surface area (Å²) < 4.78 is 0. The number of rotatable bonds is 15. The number of amides is 5. The SMILES string of the molecule is CC(=O)NC(=O)[C@H](CCCN=C(N)N)NC(=O)[C@H](C)NCCCCC1CCN(CC(=O)N2c3ccccc3NC(=O)c3ccccc32)CC1. The van der Waals surface area contributed by atoms with E-state index in [0.717, 1.165) is 45.2 Å². The topological polar surface area (TPSA) is 204 Å². The molecule has 2 atom stereocenters. The lowest BCUT2D eigenvalue weighted by Crippen LogP contribution is -2.52. The van der Waals surface area contributed by atoms with Crippen molar-refractivity contribution >= 4 is 52.6 Å². The summed E-state index contributed by atoms with van der Waals surface area (Å²) in [6, 6.07) is 13.2. The molecule has 2 aromatic carbocycles. The Morgan fingerprint density at radius 1 is 0.959 bits per heavy atom. The third kappa shape index (κ3) is 10.8. The average Bonchev–Trinajstić information content (AvgIpc) is 3.19. The van der Waals surface area contributed by atoms with E-state index in [9.17, 15) is 24.0 Å². The molecule has 49 heavy (non-hydrogen) atoms. The molecule has 0 bridgehead atoms. The molecule has 14 heteroatoms. The molecule has 2 aliphatic rings. The molecule has 2 aliphatic heterocycles. The van der Waals surface area contributed by atoms with Gasteiger partial charge in [0.05, 0.1) is 35.2 Å². The number of carbonyl (C=O) groups excluding carboxylic acids is 5. The molecular weight excluding hydrogens is 626 g/mol. The Morgan fingerprint density at radius 2 is 1.65 bits per heavy atom. The number of guanidine groups is 1. The third-order valence-electron chi connectivity index (χ3n) is 8.86. The molecule has 0 unspecified atom stereocenters. The summed E-state index contributed by atoms with van der Waals surface area (Å²) in [7, 11) is 0. The first kappa shape index (κ1) is 37.0. The van der Waals surface area contributed by atoms with E-state index in [1.165, 1.54) is 6.92 Å². The third-order valence-corrected chi connectivity index (χ3v) is 8.86. The van der Waals surface area contributed by atoms with Gasteiger partial charge >= 0.3 is 0 Å². The van der Waals surface area contributed by atoms with E-state index in [0.29, 0.717) is 48.1 Å². The Labute approximate surface area is 287 Å². The van der Waals surface area contributed by atoms with Crippen LogP contribution < -0.4 is 37.6 Å². The Balaban J connectivity index is 1.18. The van der Waals surface area contributed by atoms with Gasteiger partial charge in [0.15, 0.2) is 5.96 Å². The number of nitrogens with one attached hydrogen (secondary N) is 4. The normalized spacial score (nSPS) is 15.9. The minimum atomic E-state index is -0.881. The first-order valence-electron chi connectivity index (χ1n) is 17.0. The number of piperidine rings is 1. The lowest BCUT2D eigenvalue weighted by atomic mass is 9.91. The molecule has 1 fully saturated rings. The number of likely N-dealkylation sites (tertiary alicyclic amines) is 1. The van der Waals surface area contributed by atoms with Crippen LogP contribution in [0.25, 0.3) is 0 Å². The van der Waals surface area contributed by atoms with E-state index in [2.05, 4.69) is 31.2 Å². The van der Waals surface area contributed by atoms with Gasteiger partial charge in [-0.2, -0.15) is 0 Å². The Kier molecular flexibility index (Phi) is 13.7. The molecule has 2 aromatic rings. The van der Waals surface area contributed by atoms with E-state index in [-0.39, 0.29) is 36.6 Å². The smallest absolute Gasteiger partial charge is 0.257 e. The van der Waals surface area contributed by atoms with Gasteiger partial charge in [0.1, 0.15) is 6.04 Å². The molecule has 1 saturated heterocycles. The van der Waals surface area contributed by atoms with Gasteiger partial charge in [-0.15, -0.1) is 0 Å². The number of anilines is 3. The number of imide groups is 1. The van der Waals surface area contributed by atoms with Crippen LogP contribution in [0.15, 0.2) is 53.5 Å². The van der Waals surface area contributed by atoms with Gasteiger partial charge in [-0.3, -0.25) is 44.1 Å². The molecule has 2 heterocycles. The van der Waals surface area contributed by atoms with Gasteiger partial charge in [0.2, 0.25) is 23.6 Å². The van der Waals surface area contributed by atoms with Crippen molar-refractivity contribution in [1.29, 1.82) is 0 Å². The molecule has 0 aliphatic carbocycles. The second-order valence-electron chi connectivity index (χ2n) is 12.7. The van der Waals surface area contributed by atoms with Crippen molar-refractivity contribution < 1.29 is 24.0 Å². The Bertz CT molecular complexity index is 1520. The van der Waals surface area contributed by atoms with Gasteiger partial charge in [0.25, 0.3) is 5.91 Å². The van der Waals surface area contributed by atoms with Crippen molar-refractivity contribution in [1.82, 2.24) is 20.9 Å². The summed E-state index contributed by atoms with van der Waals surface area (Å²) in [5.41, 5.74) is 13.0. The van der Waals surface area contributed by atoms with Gasteiger partial charge < -0.3 is 27.4 Å². The number of aliphatic imine (C=N–C) groups is 1. The van der Waals surface area contributed by atoms with Crippen molar-refractivity contribution in [2.45, 2.75) is 70.9 Å². The number of nitrogens with zero attached hydrogens (tertiary/aromatic N) is 3. The van der Waals surface area contributed by atoms with Crippen LogP contribution in [0.3, 0.4) is 0 Å². The number of hydrogen-bond donors (Lipinski definition) is 6. The predicted molar refractivity (Wildman–Crippen MR) is 189 cm³/mol. The minimum Gasteiger partial charge on any atom is -0.370 e.